The van der Waals surface area contributed by atoms with Crippen molar-refractivity contribution in [2.45, 2.75) is 18.9 Å². The van der Waals surface area contributed by atoms with Crippen LogP contribution < -0.4 is 0 Å². The number of hydrogen-bond acceptors (Lipinski definition) is 6. The Labute approximate surface area is 189 Å². The van der Waals surface area contributed by atoms with Crippen LogP contribution in [-0.2, 0) is 0 Å². The zero-order valence-corrected chi connectivity index (χ0v) is 17.8. The molecule has 1 aliphatic heterocycles. The van der Waals surface area contributed by atoms with Gasteiger partial charge in [-0.3, -0.25) is 4.79 Å². The summed E-state index contributed by atoms with van der Waals surface area (Å²) in [5.41, 5.74) is 3.11. The van der Waals surface area contributed by atoms with E-state index in [2.05, 4.69) is 25.4 Å². The van der Waals surface area contributed by atoms with Crippen LogP contribution in [0.4, 0.5) is 0 Å². The lowest BCUT2D eigenvalue weighted by Crippen LogP contribution is -2.39. The summed E-state index contributed by atoms with van der Waals surface area (Å²) in [6, 6.07) is 17.6. The van der Waals surface area contributed by atoms with Crippen LogP contribution in [-0.4, -0.2) is 54.0 Å². The summed E-state index contributed by atoms with van der Waals surface area (Å²) in [5.74, 6) is 0.917. The Kier molecular flexibility index (Phi) is 4.71. The van der Waals surface area contributed by atoms with Crippen molar-refractivity contribution in [1.82, 2.24) is 35.0 Å². The Balaban J connectivity index is 1.12. The molecule has 1 saturated heterocycles. The molecule has 1 fully saturated rings. The average molecular weight is 439 g/mol. The van der Waals surface area contributed by atoms with Gasteiger partial charge in [0.1, 0.15) is 0 Å². The summed E-state index contributed by atoms with van der Waals surface area (Å²) >= 11 is 0. The summed E-state index contributed by atoms with van der Waals surface area (Å²) in [4.78, 5) is 22.5. The van der Waals surface area contributed by atoms with Gasteiger partial charge in [-0.15, -0.1) is 5.10 Å². The molecule has 6 rings (SSSR count). The van der Waals surface area contributed by atoms with Crippen molar-refractivity contribution in [3.05, 3.63) is 72.6 Å². The molecule has 5 aromatic rings. The summed E-state index contributed by atoms with van der Waals surface area (Å²) in [5, 5.41) is 13.7. The van der Waals surface area contributed by atoms with Crippen molar-refractivity contribution in [2.75, 3.05) is 13.1 Å². The first kappa shape index (κ1) is 19.4. The van der Waals surface area contributed by atoms with E-state index in [1.165, 1.54) is 0 Å². The zero-order valence-electron chi connectivity index (χ0n) is 17.8. The number of fused-ring (bicyclic) bond motifs is 1. The van der Waals surface area contributed by atoms with E-state index in [4.69, 9.17) is 4.52 Å². The van der Waals surface area contributed by atoms with Gasteiger partial charge in [0.05, 0.1) is 12.2 Å². The third-order valence-electron chi connectivity index (χ3n) is 6.12. The molecular weight excluding hydrogens is 418 g/mol. The molecule has 3 aromatic heterocycles. The minimum atomic E-state index is 0.0588. The highest BCUT2D eigenvalue weighted by atomic mass is 16.5. The number of piperidine rings is 1. The van der Waals surface area contributed by atoms with E-state index in [0.717, 1.165) is 29.3 Å². The fourth-order valence-corrected chi connectivity index (χ4v) is 4.28. The van der Waals surface area contributed by atoms with Gasteiger partial charge in [-0.25, -0.2) is 4.68 Å². The first-order chi connectivity index (χ1) is 16.2. The summed E-state index contributed by atoms with van der Waals surface area (Å²) < 4.78 is 7.24. The molecule has 9 heteroatoms. The zero-order chi connectivity index (χ0) is 22.2. The van der Waals surface area contributed by atoms with E-state index < -0.39 is 0 Å². The minimum Gasteiger partial charge on any atom is -0.361 e. The maximum absolute atomic E-state index is 13.0. The maximum Gasteiger partial charge on any atom is 0.280 e. The van der Waals surface area contributed by atoms with Crippen molar-refractivity contribution < 1.29 is 9.32 Å². The Morgan fingerprint density at radius 1 is 1.06 bits per heavy atom. The fraction of sp³-hybridized carbons (Fsp3) is 0.208. The molecular formula is C24H21N7O2. The van der Waals surface area contributed by atoms with Gasteiger partial charge >= 0.3 is 0 Å². The number of hydrogen-bond donors (Lipinski definition) is 1. The topological polar surface area (TPSA) is 106 Å². The predicted molar refractivity (Wildman–Crippen MR) is 121 cm³/mol. The third-order valence-corrected chi connectivity index (χ3v) is 6.12. The highest BCUT2D eigenvalue weighted by molar-refractivity contribution is 5.98. The van der Waals surface area contributed by atoms with E-state index in [0.29, 0.717) is 36.1 Å². The van der Waals surface area contributed by atoms with E-state index in [-0.39, 0.29) is 11.9 Å². The molecule has 9 nitrogen and oxygen atoms in total. The molecule has 4 heterocycles. The van der Waals surface area contributed by atoms with Crippen LogP contribution in [0.15, 0.2) is 71.5 Å². The summed E-state index contributed by atoms with van der Waals surface area (Å²) in [6.07, 6.45) is 5.33. The number of aromatic nitrogens is 6. The molecule has 0 aliphatic carbocycles. The predicted octanol–water partition coefficient (Wildman–Crippen LogP) is 3.95. The number of likely N-dealkylation sites (tertiary alicyclic amines) is 1. The third kappa shape index (κ3) is 3.67. The van der Waals surface area contributed by atoms with Crippen LogP contribution in [0.5, 0.6) is 0 Å². The first-order valence-corrected chi connectivity index (χ1v) is 10.9. The highest BCUT2D eigenvalue weighted by Crippen LogP contribution is 2.26. The van der Waals surface area contributed by atoms with Gasteiger partial charge in [0.25, 0.3) is 11.8 Å². The molecule has 1 amide bonds. The van der Waals surface area contributed by atoms with Crippen molar-refractivity contribution >= 4 is 16.8 Å². The summed E-state index contributed by atoms with van der Waals surface area (Å²) in [7, 11) is 0. The van der Waals surface area contributed by atoms with Gasteiger partial charge in [0.2, 0.25) is 5.82 Å². The van der Waals surface area contributed by atoms with Gasteiger partial charge in [-0.05, 0) is 36.4 Å². The van der Waals surface area contributed by atoms with Crippen molar-refractivity contribution in [1.29, 1.82) is 0 Å². The Bertz CT molecular complexity index is 1410. The lowest BCUT2D eigenvalue weighted by atomic mass is 10.0. The van der Waals surface area contributed by atoms with Crippen LogP contribution in [0, 0.1) is 0 Å². The number of H-pyrrole nitrogens is 1. The number of carbonyl (C=O) groups excluding carboxylic acids is 1. The lowest BCUT2D eigenvalue weighted by Gasteiger charge is -2.31. The molecule has 33 heavy (non-hydrogen) atoms. The SMILES string of the molecule is O=C(c1ccc2cc[nH]c2c1)N1CCC(n2cc(-c3nc(-c4ccccc4)no3)nn2)CC1. The van der Waals surface area contributed by atoms with Gasteiger partial charge in [-0.1, -0.05) is 46.8 Å². The molecule has 0 atom stereocenters. The fourth-order valence-electron chi connectivity index (χ4n) is 4.28. The van der Waals surface area contributed by atoms with Crippen LogP contribution in [0.3, 0.4) is 0 Å². The number of aromatic amines is 1. The molecule has 0 saturated carbocycles. The largest absolute Gasteiger partial charge is 0.361 e. The number of nitrogens with one attached hydrogen (secondary N) is 1. The second-order valence-corrected chi connectivity index (χ2v) is 8.18. The molecule has 0 bridgehead atoms. The number of benzene rings is 2. The van der Waals surface area contributed by atoms with Gasteiger partial charge in [-0.2, -0.15) is 4.98 Å². The lowest BCUT2D eigenvalue weighted by molar-refractivity contribution is 0.0689. The normalized spacial score (nSPS) is 14.7. The second-order valence-electron chi connectivity index (χ2n) is 8.18. The van der Waals surface area contributed by atoms with E-state index in [1.807, 2.05) is 76.6 Å². The van der Waals surface area contributed by atoms with Gasteiger partial charge < -0.3 is 14.4 Å². The standard InChI is InChI=1S/C24H21N7O2/c32-24(18-7-6-16-8-11-25-20(16)14-18)30-12-9-19(10-13-30)31-15-21(27-29-31)23-26-22(28-33-23)17-4-2-1-3-5-17/h1-8,11,14-15,19,25H,9-10,12-13H2. The van der Waals surface area contributed by atoms with Crippen LogP contribution in [0.25, 0.3) is 33.9 Å². The van der Waals surface area contributed by atoms with Crippen molar-refractivity contribution in [3.8, 4) is 23.0 Å². The van der Waals surface area contributed by atoms with Crippen LogP contribution >= 0.6 is 0 Å². The molecule has 0 spiro atoms. The molecule has 1 N–H and O–H groups in total. The highest BCUT2D eigenvalue weighted by Gasteiger charge is 2.26. The molecule has 1 aliphatic rings. The van der Waals surface area contributed by atoms with E-state index in [9.17, 15) is 4.79 Å². The monoisotopic (exact) mass is 439 g/mol. The van der Waals surface area contributed by atoms with E-state index in [1.54, 1.807) is 0 Å². The van der Waals surface area contributed by atoms with Crippen molar-refractivity contribution in [3.63, 3.8) is 0 Å². The van der Waals surface area contributed by atoms with Crippen LogP contribution in [0.2, 0.25) is 0 Å². The first-order valence-electron chi connectivity index (χ1n) is 10.9. The summed E-state index contributed by atoms with van der Waals surface area (Å²) in [6.45, 7) is 1.33. The van der Waals surface area contributed by atoms with Crippen LogP contribution in [0.1, 0.15) is 29.2 Å². The minimum absolute atomic E-state index is 0.0588. The maximum atomic E-state index is 13.0. The molecule has 0 radical (unpaired) electrons. The number of amides is 1. The average Bonchev–Trinajstić information content (AvgIpc) is 3.64. The van der Waals surface area contributed by atoms with Gasteiger partial charge in [0.15, 0.2) is 5.69 Å². The molecule has 0 unspecified atom stereocenters. The van der Waals surface area contributed by atoms with Crippen molar-refractivity contribution in [2.24, 2.45) is 0 Å². The number of nitrogens with zero attached hydrogens (tertiary/aromatic N) is 6. The number of carbonyl (C=O) groups is 1. The Morgan fingerprint density at radius 3 is 2.76 bits per heavy atom. The molecule has 2 aromatic carbocycles. The molecule has 164 valence electrons. The second kappa shape index (κ2) is 8.01. The Hall–Kier alpha value is -4.27. The Morgan fingerprint density at radius 2 is 1.91 bits per heavy atom. The quantitative estimate of drug-likeness (QED) is 0.454. The van der Waals surface area contributed by atoms with E-state index >= 15 is 0 Å². The van der Waals surface area contributed by atoms with Gasteiger partial charge in [0, 0.05) is 35.9 Å². The smallest absolute Gasteiger partial charge is 0.280 e. The number of rotatable bonds is 4.